The normalized spacial score (nSPS) is 11.4. The molecule has 2 N–H and O–H groups in total. The molecule has 0 radical (unpaired) electrons. The van der Waals surface area contributed by atoms with Gasteiger partial charge < -0.3 is 19.9 Å². The smallest absolute Gasteiger partial charge is 0.305 e. The van der Waals surface area contributed by atoms with Gasteiger partial charge in [-0.3, -0.25) is 9.59 Å². The van der Waals surface area contributed by atoms with Crippen LogP contribution in [0.3, 0.4) is 0 Å². The van der Waals surface area contributed by atoms with Gasteiger partial charge in [0.05, 0.1) is 18.0 Å². The van der Waals surface area contributed by atoms with Gasteiger partial charge in [0.15, 0.2) is 0 Å². The predicted octanol–water partition coefficient (Wildman–Crippen LogP) is 8.22. The third-order valence-corrected chi connectivity index (χ3v) is 7.35. The average Bonchev–Trinajstić information content (AvgIpc) is 3.04. The molecule has 1 amide bonds. The fourth-order valence-electron chi connectivity index (χ4n) is 4.59. The zero-order valence-corrected chi connectivity index (χ0v) is 24.9. The van der Waals surface area contributed by atoms with Crippen molar-refractivity contribution in [2.45, 2.75) is 25.7 Å². The molecule has 7 heteroatoms. The molecule has 0 heterocycles. The van der Waals surface area contributed by atoms with Gasteiger partial charge in [-0.1, -0.05) is 113 Å². The van der Waals surface area contributed by atoms with E-state index in [-0.39, 0.29) is 13.0 Å². The number of carbonyl (C=O) groups excluding carboxylic acids is 1. The molecule has 0 fully saturated rings. The van der Waals surface area contributed by atoms with Gasteiger partial charge in [0.2, 0.25) is 0 Å². The largest absolute Gasteiger partial charge is 0.489 e. The third kappa shape index (κ3) is 8.33. The SMILES string of the molecule is O=C(O)CC(NC(=O)c1cc(Br)ccc1OCc1ccc(OCc2ccccc2)cc1)c1ccc(-c2ccccc2)cc1. The Kier molecular flexibility index (Phi) is 9.87. The van der Waals surface area contributed by atoms with Gasteiger partial charge in [0.25, 0.3) is 5.91 Å². The number of halogens is 1. The maximum absolute atomic E-state index is 13.5. The van der Waals surface area contributed by atoms with Crippen molar-refractivity contribution in [2.75, 3.05) is 0 Å². The van der Waals surface area contributed by atoms with E-state index in [1.165, 1.54) is 0 Å². The molecule has 0 spiro atoms. The number of benzene rings is 5. The van der Waals surface area contributed by atoms with Gasteiger partial charge in [0.1, 0.15) is 24.7 Å². The monoisotopic (exact) mass is 635 g/mol. The van der Waals surface area contributed by atoms with E-state index in [1.807, 2.05) is 109 Å². The van der Waals surface area contributed by atoms with Crippen molar-refractivity contribution in [3.05, 3.63) is 154 Å². The molecule has 0 saturated carbocycles. The number of carboxylic acid groups (broad SMARTS) is 1. The topological polar surface area (TPSA) is 84.9 Å². The first-order valence-corrected chi connectivity index (χ1v) is 14.6. The van der Waals surface area contributed by atoms with Crippen LogP contribution in [-0.2, 0) is 18.0 Å². The van der Waals surface area contributed by atoms with Crippen molar-refractivity contribution >= 4 is 27.8 Å². The number of nitrogens with one attached hydrogen (secondary N) is 1. The minimum absolute atomic E-state index is 0.236. The van der Waals surface area contributed by atoms with Crippen LogP contribution in [0.25, 0.3) is 11.1 Å². The van der Waals surface area contributed by atoms with Crippen LogP contribution in [0.15, 0.2) is 132 Å². The van der Waals surface area contributed by atoms with Crippen molar-refractivity contribution in [3.63, 3.8) is 0 Å². The number of rotatable bonds is 12. The van der Waals surface area contributed by atoms with E-state index in [0.717, 1.165) is 28.0 Å². The summed E-state index contributed by atoms with van der Waals surface area (Å²) >= 11 is 3.44. The molecular formula is C36H30BrNO5. The Morgan fingerprint density at radius 2 is 1.30 bits per heavy atom. The Morgan fingerprint density at radius 1 is 0.698 bits per heavy atom. The molecule has 1 unspecified atom stereocenters. The average molecular weight is 637 g/mol. The van der Waals surface area contributed by atoms with E-state index in [0.29, 0.717) is 28.0 Å². The van der Waals surface area contributed by atoms with E-state index < -0.39 is 17.9 Å². The molecule has 0 saturated heterocycles. The van der Waals surface area contributed by atoms with E-state index >= 15 is 0 Å². The summed E-state index contributed by atoms with van der Waals surface area (Å²) in [7, 11) is 0. The summed E-state index contributed by atoms with van der Waals surface area (Å²) in [6.07, 6.45) is -0.265. The first kappa shape index (κ1) is 29.6. The van der Waals surface area contributed by atoms with Crippen LogP contribution in [0.5, 0.6) is 11.5 Å². The van der Waals surface area contributed by atoms with Gasteiger partial charge in [0, 0.05) is 4.47 Å². The number of hydrogen-bond acceptors (Lipinski definition) is 4. The van der Waals surface area contributed by atoms with Crippen molar-refractivity contribution in [2.24, 2.45) is 0 Å². The lowest BCUT2D eigenvalue weighted by molar-refractivity contribution is -0.137. The summed E-state index contributed by atoms with van der Waals surface area (Å²) in [6.45, 7) is 0.717. The predicted molar refractivity (Wildman–Crippen MR) is 170 cm³/mol. The van der Waals surface area contributed by atoms with Crippen molar-refractivity contribution < 1.29 is 24.2 Å². The second-order valence-electron chi connectivity index (χ2n) is 9.96. The number of hydrogen-bond donors (Lipinski definition) is 2. The van der Waals surface area contributed by atoms with Gasteiger partial charge >= 0.3 is 5.97 Å². The standard InChI is InChI=1S/C36H30BrNO5/c37-30-17-20-34(43-24-26-11-18-31(19-12-26)42-23-25-7-3-1-4-8-25)32(21-30)36(41)38-33(22-35(39)40)29-15-13-28(14-16-29)27-9-5-2-6-10-27/h1-21,33H,22-24H2,(H,38,41)(H,39,40). The molecule has 43 heavy (non-hydrogen) atoms. The van der Waals surface area contributed by atoms with Crippen molar-refractivity contribution in [3.8, 4) is 22.6 Å². The maximum Gasteiger partial charge on any atom is 0.305 e. The second-order valence-corrected chi connectivity index (χ2v) is 10.9. The highest BCUT2D eigenvalue weighted by atomic mass is 79.9. The van der Waals surface area contributed by atoms with Crippen LogP contribution >= 0.6 is 15.9 Å². The van der Waals surface area contributed by atoms with Crippen molar-refractivity contribution in [1.29, 1.82) is 0 Å². The van der Waals surface area contributed by atoms with Crippen LogP contribution < -0.4 is 14.8 Å². The van der Waals surface area contributed by atoms with Crippen LogP contribution in [0.2, 0.25) is 0 Å². The maximum atomic E-state index is 13.5. The third-order valence-electron chi connectivity index (χ3n) is 6.86. The first-order chi connectivity index (χ1) is 20.9. The summed E-state index contributed by atoms with van der Waals surface area (Å²) in [5, 5.41) is 12.5. The number of carbonyl (C=O) groups is 2. The molecule has 0 aliphatic rings. The minimum atomic E-state index is -1.01. The Balaban J connectivity index is 1.26. The molecule has 1 atom stereocenters. The zero-order valence-electron chi connectivity index (χ0n) is 23.3. The molecule has 5 aromatic rings. The highest BCUT2D eigenvalue weighted by molar-refractivity contribution is 9.10. The summed E-state index contributed by atoms with van der Waals surface area (Å²) in [5.74, 6) is -0.310. The Morgan fingerprint density at radius 3 is 1.98 bits per heavy atom. The highest BCUT2D eigenvalue weighted by Crippen LogP contribution is 2.28. The van der Waals surface area contributed by atoms with E-state index in [2.05, 4.69) is 21.2 Å². The van der Waals surface area contributed by atoms with Crippen LogP contribution in [0, 0.1) is 0 Å². The number of aliphatic carboxylic acids is 1. The summed E-state index contributed by atoms with van der Waals surface area (Å²) in [4.78, 5) is 25.2. The van der Waals surface area contributed by atoms with Crippen molar-refractivity contribution in [1.82, 2.24) is 5.32 Å². The molecule has 5 rings (SSSR count). The molecule has 0 aromatic heterocycles. The van der Waals surface area contributed by atoms with Gasteiger partial charge in [-0.2, -0.15) is 0 Å². The van der Waals surface area contributed by atoms with E-state index in [4.69, 9.17) is 9.47 Å². The van der Waals surface area contributed by atoms with E-state index in [9.17, 15) is 14.7 Å². The van der Waals surface area contributed by atoms with Gasteiger partial charge in [-0.15, -0.1) is 0 Å². The summed E-state index contributed by atoms with van der Waals surface area (Å²) in [5.41, 5.74) is 5.05. The van der Waals surface area contributed by atoms with Gasteiger partial charge in [-0.25, -0.2) is 0 Å². The summed E-state index contributed by atoms with van der Waals surface area (Å²) in [6, 6.07) is 39.5. The molecule has 216 valence electrons. The quantitative estimate of drug-likeness (QED) is 0.144. The summed E-state index contributed by atoms with van der Waals surface area (Å²) < 4.78 is 12.6. The highest BCUT2D eigenvalue weighted by Gasteiger charge is 2.22. The van der Waals surface area contributed by atoms with Crippen LogP contribution in [0.1, 0.15) is 39.5 Å². The molecule has 0 aliphatic carbocycles. The lowest BCUT2D eigenvalue weighted by atomic mass is 9.98. The van der Waals surface area contributed by atoms with Crippen LogP contribution in [-0.4, -0.2) is 17.0 Å². The molecule has 5 aromatic carbocycles. The number of ether oxygens (including phenoxy) is 2. The number of amides is 1. The molecule has 6 nitrogen and oxygen atoms in total. The first-order valence-electron chi connectivity index (χ1n) is 13.8. The molecule has 0 aliphatic heterocycles. The van der Waals surface area contributed by atoms with Crippen LogP contribution in [0.4, 0.5) is 0 Å². The zero-order chi connectivity index (χ0) is 30.0. The Hall–Kier alpha value is -4.88. The van der Waals surface area contributed by atoms with Gasteiger partial charge in [-0.05, 0) is 58.1 Å². The minimum Gasteiger partial charge on any atom is -0.489 e. The number of carboxylic acids is 1. The molecule has 0 bridgehead atoms. The van der Waals surface area contributed by atoms with E-state index in [1.54, 1.807) is 18.2 Å². The Bertz CT molecular complexity index is 1660. The fraction of sp³-hybridized carbons (Fsp3) is 0.111. The lowest BCUT2D eigenvalue weighted by Gasteiger charge is -2.19. The Labute approximate surface area is 259 Å². The second kappa shape index (κ2) is 14.3. The fourth-order valence-corrected chi connectivity index (χ4v) is 4.95. The lowest BCUT2D eigenvalue weighted by Crippen LogP contribution is -2.30. The molecular weight excluding hydrogens is 606 g/mol.